The van der Waals surface area contributed by atoms with E-state index in [1.807, 2.05) is 0 Å². The highest BCUT2D eigenvalue weighted by Crippen LogP contribution is 2.41. The van der Waals surface area contributed by atoms with Crippen molar-refractivity contribution in [3.8, 4) is 0 Å². The van der Waals surface area contributed by atoms with Crippen LogP contribution >= 0.6 is 0 Å². The minimum Gasteiger partial charge on any atom is -0.467 e. The van der Waals surface area contributed by atoms with Gasteiger partial charge in [0.15, 0.2) is 0 Å². The van der Waals surface area contributed by atoms with E-state index < -0.39 is 22.3 Å². The van der Waals surface area contributed by atoms with Gasteiger partial charge in [0, 0.05) is 35.4 Å². The number of carbonyl (C=O) groups is 2. The quantitative estimate of drug-likeness (QED) is 0.172. The van der Waals surface area contributed by atoms with Crippen LogP contribution in [0.3, 0.4) is 0 Å². The second-order valence-electron chi connectivity index (χ2n) is 6.87. The van der Waals surface area contributed by atoms with Gasteiger partial charge in [-0.3, -0.25) is 14.9 Å². The van der Waals surface area contributed by atoms with E-state index in [-0.39, 0.29) is 24.6 Å². The minimum absolute atomic E-state index is 0.0506. The van der Waals surface area contributed by atoms with Crippen LogP contribution in [0.5, 0.6) is 0 Å². The summed E-state index contributed by atoms with van der Waals surface area (Å²) in [6, 6.07) is 4.89. The fraction of sp³-hybridized carbons (Fsp3) is 0.556. The van der Waals surface area contributed by atoms with Crippen LogP contribution in [0.1, 0.15) is 37.7 Å². The van der Waals surface area contributed by atoms with E-state index in [0.717, 1.165) is 12.8 Å². The van der Waals surface area contributed by atoms with E-state index in [2.05, 4.69) is 15.3 Å². The predicted octanol–water partition coefficient (Wildman–Crippen LogP) is 3.06. The Morgan fingerprint density at radius 1 is 1.36 bits per heavy atom. The molecule has 10 heteroatoms. The number of methoxy groups -OCH3 is 1. The molecule has 2 rings (SSSR count). The molecule has 150 valence electrons. The lowest BCUT2D eigenvalue weighted by Crippen LogP contribution is -2.49. The molecule has 1 aliphatic rings. The highest BCUT2D eigenvalue weighted by molar-refractivity contribution is 5.88. The summed E-state index contributed by atoms with van der Waals surface area (Å²) in [5, 5.41) is 17.1. The molecule has 0 saturated heterocycles. The number of carbonyl (C=O) groups excluding carboxylic acids is 2. The number of hydrogen-bond donors (Lipinski definition) is 1. The van der Waals surface area contributed by atoms with Crippen LogP contribution < -0.4 is 5.32 Å². The van der Waals surface area contributed by atoms with Crippen molar-refractivity contribution in [2.45, 2.75) is 44.6 Å². The van der Waals surface area contributed by atoms with Crippen molar-refractivity contribution in [1.82, 2.24) is 5.32 Å². The lowest BCUT2D eigenvalue weighted by Gasteiger charge is -2.29. The number of hydrogen-bond acceptors (Lipinski definition) is 6. The molecular formula is C18H23N5O5. The molecule has 1 amide bonds. The summed E-state index contributed by atoms with van der Waals surface area (Å²) in [6.45, 7) is 0.217. The lowest BCUT2D eigenvalue weighted by molar-refractivity contribution is -0.384. The zero-order chi connectivity index (χ0) is 20.6. The fourth-order valence-electron chi connectivity index (χ4n) is 3.59. The molecule has 1 N–H and O–H groups in total. The van der Waals surface area contributed by atoms with Crippen molar-refractivity contribution >= 4 is 17.6 Å². The molecule has 1 aliphatic carbocycles. The summed E-state index contributed by atoms with van der Waals surface area (Å²) in [6.07, 6.45) is 3.72. The molecule has 28 heavy (non-hydrogen) atoms. The number of ether oxygens (including phenoxy) is 1. The zero-order valence-electron chi connectivity index (χ0n) is 15.7. The van der Waals surface area contributed by atoms with Crippen LogP contribution in [0.15, 0.2) is 29.4 Å². The molecule has 0 radical (unpaired) electrons. The van der Waals surface area contributed by atoms with Crippen LogP contribution in [-0.2, 0) is 20.7 Å². The van der Waals surface area contributed by atoms with E-state index >= 15 is 0 Å². The molecule has 0 aromatic heterocycles. The number of amides is 1. The predicted molar refractivity (Wildman–Crippen MR) is 100 cm³/mol. The Bertz CT molecular complexity index is 767. The zero-order valence-corrected chi connectivity index (χ0v) is 15.7. The average molecular weight is 389 g/mol. The molecule has 0 aliphatic heterocycles. The minimum atomic E-state index is -0.907. The van der Waals surface area contributed by atoms with Crippen molar-refractivity contribution in [1.29, 1.82) is 0 Å². The van der Waals surface area contributed by atoms with Crippen LogP contribution in [0.4, 0.5) is 5.69 Å². The summed E-state index contributed by atoms with van der Waals surface area (Å²) < 4.78 is 4.81. The van der Waals surface area contributed by atoms with Crippen molar-refractivity contribution in [3.05, 3.63) is 50.4 Å². The molecule has 0 spiro atoms. The van der Waals surface area contributed by atoms with Crippen LogP contribution in [0.25, 0.3) is 10.4 Å². The Hall–Kier alpha value is -3.13. The van der Waals surface area contributed by atoms with Gasteiger partial charge in [-0.25, -0.2) is 4.79 Å². The molecule has 1 aromatic carbocycles. The number of rotatable bonds is 9. The molecule has 1 fully saturated rings. The second kappa shape index (κ2) is 9.70. The van der Waals surface area contributed by atoms with Gasteiger partial charge < -0.3 is 10.1 Å². The SMILES string of the molecule is COC(=O)C(Cc1ccc([N+](=O)[O-])cc1)NC(=O)C1(CCN=[N+]=[N-])CCCC1. The van der Waals surface area contributed by atoms with E-state index in [9.17, 15) is 19.7 Å². The van der Waals surface area contributed by atoms with Gasteiger partial charge in [-0.15, -0.1) is 0 Å². The van der Waals surface area contributed by atoms with E-state index in [4.69, 9.17) is 10.3 Å². The third-order valence-electron chi connectivity index (χ3n) is 5.17. The number of esters is 1. The van der Waals surface area contributed by atoms with Gasteiger partial charge in [-0.2, -0.15) is 0 Å². The smallest absolute Gasteiger partial charge is 0.328 e. The maximum atomic E-state index is 13.0. The van der Waals surface area contributed by atoms with Gasteiger partial charge in [0.1, 0.15) is 6.04 Å². The largest absolute Gasteiger partial charge is 0.467 e. The molecule has 10 nitrogen and oxygen atoms in total. The summed E-state index contributed by atoms with van der Waals surface area (Å²) in [7, 11) is 1.24. The van der Waals surface area contributed by atoms with E-state index in [1.165, 1.54) is 19.2 Å². The topological polar surface area (TPSA) is 147 Å². The highest BCUT2D eigenvalue weighted by Gasteiger charge is 2.41. The van der Waals surface area contributed by atoms with Gasteiger partial charge in [-0.05, 0) is 30.4 Å². The van der Waals surface area contributed by atoms with Crippen LogP contribution in [0.2, 0.25) is 0 Å². The normalized spacial score (nSPS) is 15.9. The number of nitrogens with one attached hydrogen (secondary N) is 1. The van der Waals surface area contributed by atoms with E-state index in [1.54, 1.807) is 12.1 Å². The molecule has 1 saturated carbocycles. The van der Waals surface area contributed by atoms with Gasteiger partial charge in [0.2, 0.25) is 5.91 Å². The number of nitro benzene ring substituents is 1. The van der Waals surface area contributed by atoms with Gasteiger partial charge in [0.05, 0.1) is 12.0 Å². The standard InChI is InChI=1S/C18H23N5O5/c1-28-16(24)15(12-13-4-6-14(7-5-13)23(26)27)21-17(25)18(8-2-3-9-18)10-11-20-22-19/h4-7,15H,2-3,8-12H2,1H3,(H,21,25). The number of nitro groups is 1. The number of benzene rings is 1. The Morgan fingerprint density at radius 2 is 2.00 bits per heavy atom. The van der Waals surface area contributed by atoms with Crippen molar-refractivity contribution in [3.63, 3.8) is 0 Å². The molecule has 0 bridgehead atoms. The summed E-state index contributed by atoms with van der Waals surface area (Å²) in [5.41, 5.74) is 8.44. The Balaban J connectivity index is 2.13. The summed E-state index contributed by atoms with van der Waals surface area (Å²) in [4.78, 5) is 38.2. The number of azide groups is 1. The first-order valence-electron chi connectivity index (χ1n) is 9.05. The van der Waals surface area contributed by atoms with Crippen molar-refractivity contribution < 1.29 is 19.2 Å². The third-order valence-corrected chi connectivity index (χ3v) is 5.17. The average Bonchev–Trinajstić information content (AvgIpc) is 3.17. The fourth-order valence-corrected chi connectivity index (χ4v) is 3.59. The van der Waals surface area contributed by atoms with Gasteiger partial charge >= 0.3 is 5.97 Å². The number of nitrogens with zero attached hydrogens (tertiary/aromatic N) is 4. The Kier molecular flexibility index (Phi) is 7.34. The van der Waals surface area contributed by atoms with Crippen molar-refractivity contribution in [2.75, 3.05) is 13.7 Å². The third kappa shape index (κ3) is 5.20. The first-order valence-corrected chi connectivity index (χ1v) is 9.05. The lowest BCUT2D eigenvalue weighted by atomic mass is 9.81. The molecular weight excluding hydrogens is 366 g/mol. The first-order chi connectivity index (χ1) is 13.4. The molecule has 1 aromatic rings. The first kappa shape index (κ1) is 21.2. The maximum absolute atomic E-state index is 13.0. The maximum Gasteiger partial charge on any atom is 0.328 e. The van der Waals surface area contributed by atoms with E-state index in [0.29, 0.717) is 24.8 Å². The monoisotopic (exact) mass is 389 g/mol. The van der Waals surface area contributed by atoms with Gasteiger partial charge in [0.25, 0.3) is 5.69 Å². The molecule has 1 unspecified atom stereocenters. The van der Waals surface area contributed by atoms with Crippen LogP contribution in [-0.4, -0.2) is 36.5 Å². The van der Waals surface area contributed by atoms with Crippen LogP contribution in [0, 0.1) is 15.5 Å². The molecule has 0 heterocycles. The molecule has 1 atom stereocenters. The number of non-ortho nitro benzene ring substituents is 1. The van der Waals surface area contributed by atoms with Crippen molar-refractivity contribution in [2.24, 2.45) is 10.5 Å². The summed E-state index contributed by atoms with van der Waals surface area (Å²) >= 11 is 0. The Morgan fingerprint density at radius 3 is 2.54 bits per heavy atom. The highest BCUT2D eigenvalue weighted by atomic mass is 16.6. The Labute approximate surface area is 162 Å². The van der Waals surface area contributed by atoms with Gasteiger partial charge in [-0.1, -0.05) is 30.1 Å². The second-order valence-corrected chi connectivity index (χ2v) is 6.87. The summed E-state index contributed by atoms with van der Waals surface area (Å²) in [5.74, 6) is -0.842.